The first-order chi connectivity index (χ1) is 14.1. The van der Waals surface area contributed by atoms with Crippen molar-refractivity contribution in [2.75, 3.05) is 6.61 Å². The van der Waals surface area contributed by atoms with Gasteiger partial charge in [0.1, 0.15) is 21.5 Å². The molecule has 0 aromatic heterocycles. The first-order valence-electron chi connectivity index (χ1n) is 9.61. The maximum atomic E-state index is 14.2. The third-order valence-corrected chi connectivity index (χ3v) is 6.01. The van der Waals surface area contributed by atoms with Crippen molar-refractivity contribution < 1.29 is 18.3 Å². The number of carbonyl (C=O) groups is 1. The molecule has 1 aromatic rings. The molecule has 0 fully saturated rings. The summed E-state index contributed by atoms with van der Waals surface area (Å²) in [6.45, 7) is 14.4. The SMILES string of the molecule is C/C(F)=C(\C=C(/C)F)C1=NN(C(=O)C(C)(C)C)C2(CCOc3ccccc32)S1.C=C. The Morgan fingerprint density at radius 3 is 2.47 bits per heavy atom. The van der Waals surface area contributed by atoms with Crippen LogP contribution in [-0.2, 0) is 9.67 Å². The van der Waals surface area contributed by atoms with Crippen molar-refractivity contribution in [2.45, 2.75) is 45.9 Å². The molecule has 3 rings (SSSR count). The van der Waals surface area contributed by atoms with Crippen molar-refractivity contribution >= 4 is 22.7 Å². The number of amides is 1. The minimum absolute atomic E-state index is 0.0533. The normalized spacial score (nSPS) is 21.8. The number of hydrogen-bond donors (Lipinski definition) is 0. The number of nitrogens with zero attached hydrogens (tertiary/aromatic N) is 2. The van der Waals surface area contributed by atoms with Gasteiger partial charge in [-0.15, -0.1) is 13.2 Å². The zero-order valence-corrected chi connectivity index (χ0v) is 18.9. The van der Waals surface area contributed by atoms with Crippen LogP contribution in [0.25, 0.3) is 0 Å². The van der Waals surface area contributed by atoms with Crippen molar-refractivity contribution in [3.8, 4) is 5.75 Å². The highest BCUT2D eigenvalue weighted by molar-refractivity contribution is 8.15. The van der Waals surface area contributed by atoms with E-state index in [0.717, 1.165) is 11.6 Å². The van der Waals surface area contributed by atoms with Crippen LogP contribution in [0.4, 0.5) is 8.78 Å². The Hall–Kier alpha value is -2.41. The van der Waals surface area contributed by atoms with E-state index in [2.05, 4.69) is 18.3 Å². The number of ether oxygens (including phenoxy) is 1. The van der Waals surface area contributed by atoms with E-state index in [1.807, 2.05) is 45.0 Å². The van der Waals surface area contributed by atoms with Crippen LogP contribution >= 0.6 is 11.8 Å². The lowest BCUT2D eigenvalue weighted by molar-refractivity contribution is -0.143. The number of halogens is 2. The number of allylic oxidation sites excluding steroid dienone is 3. The fraction of sp³-hybridized carbons (Fsp3) is 0.391. The zero-order chi connectivity index (χ0) is 22.7. The van der Waals surface area contributed by atoms with Gasteiger partial charge in [-0.25, -0.2) is 13.8 Å². The number of para-hydroxylation sites is 1. The summed E-state index contributed by atoms with van der Waals surface area (Å²) in [5.41, 5.74) is 0.164. The number of thioether (sulfide) groups is 1. The number of hydrogen-bond acceptors (Lipinski definition) is 4. The van der Waals surface area contributed by atoms with E-state index >= 15 is 0 Å². The van der Waals surface area contributed by atoms with Crippen LogP contribution in [0.5, 0.6) is 5.75 Å². The second-order valence-corrected chi connectivity index (χ2v) is 9.20. The van der Waals surface area contributed by atoms with E-state index < -0.39 is 21.9 Å². The number of benzene rings is 1. The van der Waals surface area contributed by atoms with Gasteiger partial charge in [0.15, 0.2) is 0 Å². The first kappa shape index (κ1) is 23.9. The predicted octanol–water partition coefficient (Wildman–Crippen LogP) is 6.48. The molecule has 4 nitrogen and oxygen atoms in total. The number of hydrazone groups is 1. The second-order valence-electron chi connectivity index (χ2n) is 7.93. The number of fused-ring (bicyclic) bond motifs is 2. The maximum Gasteiger partial charge on any atom is 0.249 e. The predicted molar refractivity (Wildman–Crippen MR) is 119 cm³/mol. The van der Waals surface area contributed by atoms with Gasteiger partial charge in [-0.05, 0) is 26.0 Å². The van der Waals surface area contributed by atoms with Crippen molar-refractivity contribution in [3.63, 3.8) is 0 Å². The van der Waals surface area contributed by atoms with Crippen molar-refractivity contribution in [1.29, 1.82) is 0 Å². The first-order valence-corrected chi connectivity index (χ1v) is 10.4. The van der Waals surface area contributed by atoms with E-state index in [0.29, 0.717) is 18.8 Å². The molecule has 2 heterocycles. The smallest absolute Gasteiger partial charge is 0.249 e. The molecule has 1 aromatic carbocycles. The van der Waals surface area contributed by atoms with Gasteiger partial charge < -0.3 is 4.74 Å². The van der Waals surface area contributed by atoms with E-state index in [-0.39, 0.29) is 16.5 Å². The summed E-state index contributed by atoms with van der Waals surface area (Å²) in [6.07, 6.45) is 1.60. The summed E-state index contributed by atoms with van der Waals surface area (Å²) in [4.78, 5) is 12.4. The van der Waals surface area contributed by atoms with E-state index in [4.69, 9.17) is 4.74 Å². The summed E-state index contributed by atoms with van der Waals surface area (Å²) < 4.78 is 33.6. The molecular weight excluding hydrogens is 406 g/mol. The van der Waals surface area contributed by atoms with Gasteiger partial charge in [0.05, 0.1) is 12.4 Å². The topological polar surface area (TPSA) is 41.9 Å². The fourth-order valence-electron chi connectivity index (χ4n) is 3.21. The highest BCUT2D eigenvalue weighted by atomic mass is 32.2. The molecule has 0 radical (unpaired) electrons. The van der Waals surface area contributed by atoms with Crippen LogP contribution < -0.4 is 4.74 Å². The molecule has 0 aliphatic carbocycles. The highest BCUT2D eigenvalue weighted by Crippen LogP contribution is 2.55. The van der Waals surface area contributed by atoms with Gasteiger partial charge in [-0.2, -0.15) is 5.10 Å². The molecule has 2 aliphatic heterocycles. The van der Waals surface area contributed by atoms with E-state index in [9.17, 15) is 13.6 Å². The molecule has 0 saturated heterocycles. The van der Waals surface area contributed by atoms with Gasteiger partial charge in [0, 0.05) is 23.0 Å². The summed E-state index contributed by atoms with van der Waals surface area (Å²) in [7, 11) is 0. The standard InChI is InChI=1S/C21H24F2N2O2S.C2H4/c1-13(22)12-15(14(2)23)18-24-25(19(26)20(3,4)5)21(28-18)10-11-27-17-9-7-6-8-16(17)21;1-2/h6-9,12H,10-11H2,1-5H3;1-2H2/b13-12+,15-14-;. The molecule has 30 heavy (non-hydrogen) atoms. The second kappa shape index (κ2) is 9.16. The number of rotatable bonds is 2. The van der Waals surface area contributed by atoms with Crippen molar-refractivity contribution in [2.24, 2.45) is 10.5 Å². The van der Waals surface area contributed by atoms with Crippen molar-refractivity contribution in [3.05, 3.63) is 66.3 Å². The molecule has 1 atom stereocenters. The van der Waals surface area contributed by atoms with E-state index in [1.54, 1.807) is 0 Å². The Morgan fingerprint density at radius 2 is 1.90 bits per heavy atom. The number of carbonyl (C=O) groups excluding carboxylic acids is 1. The maximum absolute atomic E-state index is 14.2. The van der Waals surface area contributed by atoms with Crippen LogP contribution in [0.1, 0.15) is 46.6 Å². The van der Waals surface area contributed by atoms with Gasteiger partial charge in [0.2, 0.25) is 5.91 Å². The average Bonchev–Trinajstić information content (AvgIpc) is 3.05. The minimum atomic E-state index is -0.854. The molecule has 7 heteroatoms. The third kappa shape index (κ3) is 4.51. The third-order valence-electron chi connectivity index (χ3n) is 4.58. The lowest BCUT2D eigenvalue weighted by Crippen LogP contribution is -2.48. The molecule has 0 N–H and O–H groups in total. The molecule has 0 bridgehead atoms. The van der Waals surface area contributed by atoms with E-state index in [1.165, 1.54) is 30.6 Å². The summed E-state index contributed by atoms with van der Waals surface area (Å²) in [6, 6.07) is 7.47. The lowest BCUT2D eigenvalue weighted by Gasteiger charge is -2.41. The molecular formula is C23H28F2N2O2S. The summed E-state index contributed by atoms with van der Waals surface area (Å²) >= 11 is 1.27. The Kier molecular flexibility index (Phi) is 7.29. The van der Waals surface area contributed by atoms with Crippen molar-refractivity contribution in [1.82, 2.24) is 5.01 Å². The van der Waals surface area contributed by atoms with Gasteiger partial charge in [0.25, 0.3) is 0 Å². The Labute approximate surface area is 181 Å². The van der Waals surface area contributed by atoms with Gasteiger partial charge in [-0.1, -0.05) is 50.7 Å². The fourth-order valence-corrected chi connectivity index (χ4v) is 4.64. The van der Waals surface area contributed by atoms with Crippen LogP contribution in [0, 0.1) is 5.41 Å². The van der Waals surface area contributed by atoms with Gasteiger partial charge in [-0.3, -0.25) is 4.79 Å². The van der Waals surface area contributed by atoms with Crippen LogP contribution in [0.15, 0.2) is 65.8 Å². The average molecular weight is 435 g/mol. The Bertz CT molecular complexity index is 910. The molecule has 1 unspecified atom stereocenters. The summed E-state index contributed by atoms with van der Waals surface area (Å²) in [5.74, 6) is -0.603. The van der Waals surface area contributed by atoms with Crippen LogP contribution in [-0.4, -0.2) is 22.6 Å². The monoisotopic (exact) mass is 434 g/mol. The largest absolute Gasteiger partial charge is 0.493 e. The van der Waals surface area contributed by atoms with Crippen LogP contribution in [0.3, 0.4) is 0 Å². The molecule has 1 amide bonds. The summed E-state index contributed by atoms with van der Waals surface area (Å²) in [5, 5.41) is 6.23. The highest BCUT2D eigenvalue weighted by Gasteiger charge is 2.53. The Balaban J connectivity index is 0.00000155. The minimum Gasteiger partial charge on any atom is -0.493 e. The molecule has 2 aliphatic rings. The van der Waals surface area contributed by atoms with Crippen LogP contribution in [0.2, 0.25) is 0 Å². The van der Waals surface area contributed by atoms with Gasteiger partial charge >= 0.3 is 0 Å². The Morgan fingerprint density at radius 1 is 1.27 bits per heavy atom. The molecule has 162 valence electrons. The molecule has 1 spiro atoms. The lowest BCUT2D eigenvalue weighted by atomic mass is 9.92. The zero-order valence-electron chi connectivity index (χ0n) is 18.1. The quantitative estimate of drug-likeness (QED) is 0.395. The molecule has 0 saturated carbocycles.